The van der Waals surface area contributed by atoms with E-state index >= 15 is 0 Å². The van der Waals surface area contributed by atoms with Crippen LogP contribution in [0.5, 0.6) is 0 Å². The molecule has 0 spiro atoms. The first-order chi connectivity index (χ1) is 13.7. The maximum absolute atomic E-state index is 12.5. The Morgan fingerprint density at radius 2 is 1.55 bits per heavy atom. The van der Waals surface area contributed by atoms with Crippen LogP contribution in [0.1, 0.15) is 51.2 Å². The van der Waals surface area contributed by atoms with Gasteiger partial charge in [0.25, 0.3) is 0 Å². The summed E-state index contributed by atoms with van der Waals surface area (Å²) < 4.78 is 5.57. The minimum Gasteiger partial charge on any atom is -0.481 e. The highest BCUT2D eigenvalue weighted by Crippen LogP contribution is 2.44. The van der Waals surface area contributed by atoms with Gasteiger partial charge in [-0.1, -0.05) is 76.2 Å². The number of rotatable bonds is 6. The standard InChI is InChI=1S/C24H29NO4/c1-15(24(2,3)4)21(13-22(26)27)25-23(28)29-14-20-18-11-7-5-9-16(18)17-10-6-8-12-19(17)20/h5-12,15,20-21H,13-14H2,1-4H3,(H,25,28)(H,26,27)/t15?,21-/m0/s1. The van der Waals surface area contributed by atoms with E-state index in [4.69, 9.17) is 4.74 Å². The van der Waals surface area contributed by atoms with Gasteiger partial charge in [0, 0.05) is 12.0 Å². The van der Waals surface area contributed by atoms with Gasteiger partial charge < -0.3 is 15.2 Å². The number of ether oxygens (including phenoxy) is 1. The predicted molar refractivity (Wildman–Crippen MR) is 113 cm³/mol. The topological polar surface area (TPSA) is 75.6 Å². The fraction of sp³-hybridized carbons (Fsp3) is 0.417. The van der Waals surface area contributed by atoms with Crippen LogP contribution >= 0.6 is 0 Å². The van der Waals surface area contributed by atoms with Gasteiger partial charge in [0.2, 0.25) is 0 Å². The molecule has 0 heterocycles. The van der Waals surface area contributed by atoms with E-state index in [0.717, 1.165) is 11.1 Å². The molecule has 1 unspecified atom stereocenters. The molecule has 0 saturated heterocycles. The molecule has 0 fully saturated rings. The highest BCUT2D eigenvalue weighted by molar-refractivity contribution is 5.79. The number of aliphatic carboxylic acids is 1. The number of carbonyl (C=O) groups excluding carboxylic acids is 1. The van der Waals surface area contributed by atoms with Crippen LogP contribution in [0, 0.1) is 11.3 Å². The fourth-order valence-corrected chi connectivity index (χ4v) is 3.94. The first-order valence-corrected chi connectivity index (χ1v) is 10.0. The molecule has 0 bridgehead atoms. The molecule has 1 aliphatic rings. The lowest BCUT2D eigenvalue weighted by Crippen LogP contribution is -2.45. The van der Waals surface area contributed by atoms with Gasteiger partial charge in [-0.25, -0.2) is 4.79 Å². The van der Waals surface area contributed by atoms with Crippen molar-refractivity contribution >= 4 is 12.1 Å². The third-order valence-corrected chi connectivity index (χ3v) is 6.01. The maximum atomic E-state index is 12.5. The van der Waals surface area contributed by atoms with E-state index in [0.29, 0.717) is 0 Å². The molecule has 29 heavy (non-hydrogen) atoms. The second-order valence-electron chi connectivity index (χ2n) is 8.83. The minimum absolute atomic E-state index is 0.0221. The highest BCUT2D eigenvalue weighted by atomic mass is 16.5. The van der Waals surface area contributed by atoms with Crippen LogP contribution in [-0.2, 0) is 9.53 Å². The van der Waals surface area contributed by atoms with Crippen molar-refractivity contribution in [2.24, 2.45) is 11.3 Å². The summed E-state index contributed by atoms with van der Waals surface area (Å²) in [5.41, 5.74) is 4.49. The quantitative estimate of drug-likeness (QED) is 0.718. The molecule has 0 aromatic heterocycles. The Hall–Kier alpha value is -2.82. The summed E-state index contributed by atoms with van der Waals surface area (Å²) in [6.45, 7) is 8.27. The van der Waals surface area contributed by atoms with Gasteiger partial charge in [-0.05, 0) is 33.6 Å². The van der Waals surface area contributed by atoms with Gasteiger partial charge >= 0.3 is 12.1 Å². The van der Waals surface area contributed by atoms with Gasteiger partial charge in [0.15, 0.2) is 0 Å². The molecule has 0 radical (unpaired) electrons. The molecule has 2 N–H and O–H groups in total. The summed E-state index contributed by atoms with van der Waals surface area (Å²) >= 11 is 0. The number of hydrogen-bond acceptors (Lipinski definition) is 3. The molecule has 2 atom stereocenters. The normalized spacial score (nSPS) is 15.2. The van der Waals surface area contributed by atoms with Crippen LogP contribution < -0.4 is 5.32 Å². The molecule has 2 aromatic rings. The zero-order chi connectivity index (χ0) is 21.2. The van der Waals surface area contributed by atoms with Crippen molar-refractivity contribution in [3.8, 4) is 11.1 Å². The lowest BCUT2D eigenvalue weighted by molar-refractivity contribution is -0.138. The maximum Gasteiger partial charge on any atom is 0.407 e. The van der Waals surface area contributed by atoms with Crippen molar-refractivity contribution in [2.75, 3.05) is 6.61 Å². The van der Waals surface area contributed by atoms with Gasteiger partial charge in [-0.2, -0.15) is 0 Å². The van der Waals surface area contributed by atoms with Crippen LogP contribution in [-0.4, -0.2) is 29.8 Å². The molecular weight excluding hydrogens is 366 g/mol. The van der Waals surface area contributed by atoms with Crippen LogP contribution in [0.25, 0.3) is 11.1 Å². The molecule has 154 valence electrons. The van der Waals surface area contributed by atoms with E-state index < -0.39 is 18.1 Å². The van der Waals surface area contributed by atoms with Gasteiger partial charge in [-0.15, -0.1) is 0 Å². The second kappa shape index (κ2) is 8.27. The first kappa shape index (κ1) is 20.9. The summed E-state index contributed by atoms with van der Waals surface area (Å²) in [5.74, 6) is -0.991. The fourth-order valence-electron chi connectivity index (χ4n) is 3.94. The number of benzene rings is 2. The lowest BCUT2D eigenvalue weighted by atomic mass is 9.76. The number of nitrogens with one attached hydrogen (secondary N) is 1. The summed E-state index contributed by atoms with van der Waals surface area (Å²) in [7, 11) is 0. The summed E-state index contributed by atoms with van der Waals surface area (Å²) in [6, 6.07) is 15.8. The molecule has 1 amide bonds. The predicted octanol–water partition coefficient (Wildman–Crippen LogP) is 5.05. The van der Waals surface area contributed by atoms with Crippen molar-refractivity contribution in [1.29, 1.82) is 0 Å². The number of amides is 1. The molecule has 3 rings (SSSR count). The van der Waals surface area contributed by atoms with Gasteiger partial charge in [0.05, 0.1) is 6.42 Å². The van der Waals surface area contributed by atoms with Crippen LogP contribution in [0.3, 0.4) is 0 Å². The Labute approximate surface area is 172 Å². The zero-order valence-corrected chi connectivity index (χ0v) is 17.4. The number of carboxylic acid groups (broad SMARTS) is 1. The Bertz CT molecular complexity index is 854. The number of hydrogen-bond donors (Lipinski definition) is 2. The molecule has 0 aliphatic heterocycles. The second-order valence-corrected chi connectivity index (χ2v) is 8.83. The van der Waals surface area contributed by atoms with Gasteiger partial charge in [-0.3, -0.25) is 4.79 Å². The monoisotopic (exact) mass is 395 g/mol. The number of carboxylic acids is 1. The van der Waals surface area contributed by atoms with E-state index in [-0.39, 0.29) is 30.3 Å². The Morgan fingerprint density at radius 1 is 1.03 bits per heavy atom. The van der Waals surface area contributed by atoms with Crippen molar-refractivity contribution in [1.82, 2.24) is 5.32 Å². The van der Waals surface area contributed by atoms with E-state index in [1.165, 1.54) is 11.1 Å². The van der Waals surface area contributed by atoms with E-state index in [2.05, 4.69) is 29.6 Å². The van der Waals surface area contributed by atoms with Crippen molar-refractivity contribution in [3.05, 3.63) is 59.7 Å². The van der Waals surface area contributed by atoms with E-state index in [9.17, 15) is 14.7 Å². The molecule has 5 heteroatoms. The number of fused-ring (bicyclic) bond motifs is 3. The number of carbonyl (C=O) groups is 2. The van der Waals surface area contributed by atoms with Gasteiger partial charge in [0.1, 0.15) is 6.61 Å². The lowest BCUT2D eigenvalue weighted by Gasteiger charge is -2.34. The Kier molecular flexibility index (Phi) is 5.96. The molecular formula is C24H29NO4. The van der Waals surface area contributed by atoms with Crippen LogP contribution in [0.15, 0.2) is 48.5 Å². The molecule has 0 saturated carbocycles. The summed E-state index contributed by atoms with van der Waals surface area (Å²) in [6.07, 6.45) is -0.711. The summed E-state index contributed by atoms with van der Waals surface area (Å²) in [5, 5.41) is 12.0. The van der Waals surface area contributed by atoms with Crippen LogP contribution in [0.2, 0.25) is 0 Å². The molecule has 1 aliphatic carbocycles. The average molecular weight is 395 g/mol. The Balaban J connectivity index is 1.71. The Morgan fingerprint density at radius 3 is 2.03 bits per heavy atom. The average Bonchev–Trinajstić information content (AvgIpc) is 2.98. The first-order valence-electron chi connectivity index (χ1n) is 10.0. The smallest absolute Gasteiger partial charge is 0.407 e. The third-order valence-electron chi connectivity index (χ3n) is 6.01. The zero-order valence-electron chi connectivity index (χ0n) is 17.4. The summed E-state index contributed by atoms with van der Waals surface area (Å²) in [4.78, 5) is 23.8. The SMILES string of the molecule is CC([C@H](CC(=O)O)NC(=O)OCC1c2ccccc2-c2ccccc21)C(C)(C)C. The van der Waals surface area contributed by atoms with Crippen molar-refractivity contribution in [2.45, 2.75) is 46.1 Å². The van der Waals surface area contributed by atoms with Crippen molar-refractivity contribution in [3.63, 3.8) is 0 Å². The highest BCUT2D eigenvalue weighted by Gasteiger charge is 2.33. The molecule has 5 nitrogen and oxygen atoms in total. The van der Waals surface area contributed by atoms with E-state index in [1.54, 1.807) is 0 Å². The third kappa shape index (κ3) is 4.61. The minimum atomic E-state index is -0.940. The van der Waals surface area contributed by atoms with E-state index in [1.807, 2.05) is 52.0 Å². The number of alkyl carbamates (subject to hydrolysis) is 1. The van der Waals surface area contributed by atoms with Crippen LogP contribution in [0.4, 0.5) is 4.79 Å². The van der Waals surface area contributed by atoms with Crippen molar-refractivity contribution < 1.29 is 19.4 Å². The molecule has 2 aromatic carbocycles. The largest absolute Gasteiger partial charge is 0.481 e.